The van der Waals surface area contributed by atoms with Crippen LogP contribution in [-0.4, -0.2) is 57.6 Å². The quantitative estimate of drug-likeness (QED) is 0.303. The van der Waals surface area contributed by atoms with Crippen LogP contribution in [-0.2, 0) is 32.6 Å². The number of nitrogens with zero attached hydrogens (tertiary/aromatic N) is 2. The molecule has 0 aliphatic carbocycles. The van der Waals surface area contributed by atoms with Gasteiger partial charge in [-0.05, 0) is 53.8 Å². The van der Waals surface area contributed by atoms with Crippen molar-refractivity contribution in [1.82, 2.24) is 10.2 Å². The molecule has 0 radical (unpaired) electrons. The van der Waals surface area contributed by atoms with Crippen LogP contribution in [0, 0.1) is 12.8 Å². The van der Waals surface area contributed by atoms with Crippen LogP contribution in [0.5, 0.6) is 5.75 Å². The third kappa shape index (κ3) is 9.23. The van der Waals surface area contributed by atoms with Crippen LogP contribution in [0.15, 0.2) is 72.8 Å². The van der Waals surface area contributed by atoms with Gasteiger partial charge in [0.05, 0.1) is 19.1 Å². The van der Waals surface area contributed by atoms with Crippen LogP contribution in [0.3, 0.4) is 0 Å². The molecule has 1 N–H and O–H groups in total. The van der Waals surface area contributed by atoms with Crippen molar-refractivity contribution in [3.8, 4) is 5.75 Å². The number of carbonyl (C=O) groups is 2. The van der Waals surface area contributed by atoms with E-state index in [-0.39, 0.29) is 24.8 Å². The van der Waals surface area contributed by atoms with Crippen LogP contribution in [0.2, 0.25) is 5.02 Å². The van der Waals surface area contributed by atoms with Crippen molar-refractivity contribution in [2.45, 2.75) is 39.8 Å². The zero-order chi connectivity index (χ0) is 30.2. The van der Waals surface area contributed by atoms with Gasteiger partial charge in [0, 0.05) is 24.5 Å². The Kier molecular flexibility index (Phi) is 11.2. The van der Waals surface area contributed by atoms with E-state index in [2.05, 4.69) is 5.32 Å². The van der Waals surface area contributed by atoms with Crippen LogP contribution in [0.25, 0.3) is 0 Å². The molecule has 0 aliphatic heterocycles. The van der Waals surface area contributed by atoms with Gasteiger partial charge in [0.25, 0.3) is 0 Å². The minimum absolute atomic E-state index is 0.0642. The van der Waals surface area contributed by atoms with E-state index in [1.807, 2.05) is 50.2 Å². The number of hydrogen-bond acceptors (Lipinski definition) is 5. The average Bonchev–Trinajstić information content (AvgIpc) is 2.93. The van der Waals surface area contributed by atoms with Gasteiger partial charge in [-0.15, -0.1) is 0 Å². The number of sulfonamides is 1. The second-order valence-electron chi connectivity index (χ2n) is 10.4. The molecule has 0 fully saturated rings. The number of anilines is 1. The summed E-state index contributed by atoms with van der Waals surface area (Å²) >= 11 is 6.21. The standard InChI is InChI=1S/C31H38ClN3O5S/c1-22(2)19-33-31(37)29(17-24-10-7-6-8-11-24)34(20-25-12-9-13-27(16-25)40-4)30(36)21-35(41(5,38)39)28-18-26(32)15-14-23(28)3/h6-16,18,22,29H,17,19-21H2,1-5H3,(H,33,37). The van der Waals surface area contributed by atoms with Crippen molar-refractivity contribution >= 4 is 39.1 Å². The summed E-state index contributed by atoms with van der Waals surface area (Å²) in [7, 11) is -2.34. The predicted molar refractivity (Wildman–Crippen MR) is 164 cm³/mol. The number of rotatable bonds is 13. The Hall–Kier alpha value is -3.56. The van der Waals surface area contributed by atoms with Crippen molar-refractivity contribution in [1.29, 1.82) is 0 Å². The molecule has 0 spiro atoms. The van der Waals surface area contributed by atoms with Crippen LogP contribution < -0.4 is 14.4 Å². The molecule has 0 bridgehead atoms. The van der Waals surface area contributed by atoms with E-state index in [1.165, 1.54) is 11.0 Å². The highest BCUT2D eigenvalue weighted by molar-refractivity contribution is 7.92. The number of methoxy groups -OCH3 is 1. The second-order valence-corrected chi connectivity index (χ2v) is 12.8. The van der Waals surface area contributed by atoms with Crippen molar-refractivity contribution < 1.29 is 22.7 Å². The van der Waals surface area contributed by atoms with Gasteiger partial charge in [-0.3, -0.25) is 13.9 Å². The minimum Gasteiger partial charge on any atom is -0.497 e. The maximum Gasteiger partial charge on any atom is 0.244 e. The van der Waals surface area contributed by atoms with E-state index in [0.717, 1.165) is 21.7 Å². The van der Waals surface area contributed by atoms with E-state index in [0.29, 0.717) is 28.6 Å². The molecule has 3 aromatic rings. The molecule has 0 aromatic heterocycles. The smallest absolute Gasteiger partial charge is 0.244 e. The van der Waals surface area contributed by atoms with Crippen molar-refractivity contribution in [2.75, 3.05) is 30.8 Å². The summed E-state index contributed by atoms with van der Waals surface area (Å²) < 4.78 is 32.4. The van der Waals surface area contributed by atoms with Gasteiger partial charge in [-0.2, -0.15) is 0 Å². The number of benzene rings is 3. The number of hydrogen-bond donors (Lipinski definition) is 1. The molecule has 10 heteroatoms. The fourth-order valence-electron chi connectivity index (χ4n) is 4.39. The van der Waals surface area contributed by atoms with Gasteiger partial charge in [0.2, 0.25) is 21.8 Å². The molecule has 3 aromatic carbocycles. The summed E-state index contributed by atoms with van der Waals surface area (Å²) in [4.78, 5) is 29.3. The lowest BCUT2D eigenvalue weighted by Crippen LogP contribution is -2.53. The van der Waals surface area contributed by atoms with Crippen LogP contribution in [0.4, 0.5) is 5.69 Å². The van der Waals surface area contributed by atoms with E-state index in [4.69, 9.17) is 16.3 Å². The number of halogens is 1. The van der Waals surface area contributed by atoms with Crippen molar-refractivity contribution in [2.24, 2.45) is 5.92 Å². The molecule has 1 atom stereocenters. The maximum absolute atomic E-state index is 14.2. The topological polar surface area (TPSA) is 96.0 Å². The summed E-state index contributed by atoms with van der Waals surface area (Å²) in [6, 6.07) is 20.6. The first kappa shape index (κ1) is 32.0. The van der Waals surface area contributed by atoms with E-state index in [1.54, 1.807) is 44.4 Å². The van der Waals surface area contributed by atoms with Gasteiger partial charge >= 0.3 is 0 Å². The van der Waals surface area contributed by atoms with E-state index < -0.39 is 28.5 Å². The highest BCUT2D eigenvalue weighted by atomic mass is 35.5. The molecule has 220 valence electrons. The molecule has 41 heavy (non-hydrogen) atoms. The first-order valence-electron chi connectivity index (χ1n) is 13.4. The number of amides is 2. The monoisotopic (exact) mass is 599 g/mol. The first-order valence-corrected chi connectivity index (χ1v) is 15.6. The molecular weight excluding hydrogens is 562 g/mol. The first-order chi connectivity index (χ1) is 19.4. The number of ether oxygens (including phenoxy) is 1. The molecule has 8 nitrogen and oxygen atoms in total. The van der Waals surface area contributed by atoms with Gasteiger partial charge in [0.1, 0.15) is 18.3 Å². The Morgan fingerprint density at radius 3 is 2.29 bits per heavy atom. The maximum atomic E-state index is 14.2. The van der Waals surface area contributed by atoms with Crippen molar-refractivity contribution in [3.05, 3.63) is 94.5 Å². The predicted octanol–water partition coefficient (Wildman–Crippen LogP) is 4.84. The van der Waals surface area contributed by atoms with Crippen LogP contribution >= 0.6 is 11.6 Å². The van der Waals surface area contributed by atoms with Crippen LogP contribution in [0.1, 0.15) is 30.5 Å². The molecule has 0 aliphatic rings. The second kappa shape index (κ2) is 14.4. The largest absolute Gasteiger partial charge is 0.497 e. The molecule has 1 unspecified atom stereocenters. The van der Waals surface area contributed by atoms with Gasteiger partial charge in [-0.25, -0.2) is 8.42 Å². The molecule has 0 saturated heterocycles. The third-order valence-corrected chi connectivity index (χ3v) is 7.92. The number of aryl methyl sites for hydroxylation is 1. The van der Waals surface area contributed by atoms with E-state index in [9.17, 15) is 18.0 Å². The highest BCUT2D eigenvalue weighted by Gasteiger charge is 2.33. The fourth-order valence-corrected chi connectivity index (χ4v) is 5.46. The summed E-state index contributed by atoms with van der Waals surface area (Å²) in [5.74, 6) is -0.0432. The van der Waals surface area contributed by atoms with Crippen molar-refractivity contribution in [3.63, 3.8) is 0 Å². The Balaban J connectivity index is 2.09. The third-order valence-electron chi connectivity index (χ3n) is 6.56. The molecular formula is C31H38ClN3O5S. The Morgan fingerprint density at radius 2 is 1.66 bits per heavy atom. The summed E-state index contributed by atoms with van der Waals surface area (Å²) in [5, 5.41) is 3.31. The Morgan fingerprint density at radius 1 is 0.976 bits per heavy atom. The summed E-state index contributed by atoms with van der Waals surface area (Å²) in [6.45, 7) is 5.72. The minimum atomic E-state index is -3.89. The lowest BCUT2D eigenvalue weighted by molar-refractivity contribution is -0.140. The van der Waals surface area contributed by atoms with Gasteiger partial charge in [0.15, 0.2) is 0 Å². The lowest BCUT2D eigenvalue weighted by atomic mass is 10.0. The average molecular weight is 600 g/mol. The van der Waals surface area contributed by atoms with Gasteiger partial charge < -0.3 is 15.0 Å². The fraction of sp³-hybridized carbons (Fsp3) is 0.355. The number of nitrogens with one attached hydrogen (secondary N) is 1. The summed E-state index contributed by atoms with van der Waals surface area (Å²) in [5.41, 5.74) is 2.55. The van der Waals surface area contributed by atoms with E-state index >= 15 is 0 Å². The highest BCUT2D eigenvalue weighted by Crippen LogP contribution is 2.27. The van der Waals surface area contributed by atoms with Gasteiger partial charge in [-0.1, -0.05) is 74.0 Å². The molecule has 3 rings (SSSR count). The molecule has 0 saturated carbocycles. The normalized spacial score (nSPS) is 12.1. The SMILES string of the molecule is COc1cccc(CN(C(=O)CN(c2cc(Cl)ccc2C)S(C)(=O)=O)C(Cc2ccccc2)C(=O)NCC(C)C)c1. The number of carbonyl (C=O) groups excluding carboxylic acids is 2. The lowest BCUT2D eigenvalue weighted by Gasteiger charge is -2.34. The Bertz CT molecular complexity index is 1450. The molecule has 0 heterocycles. The zero-order valence-corrected chi connectivity index (χ0v) is 25.7. The molecule has 2 amide bonds. The summed E-state index contributed by atoms with van der Waals surface area (Å²) in [6.07, 6.45) is 1.29. The zero-order valence-electron chi connectivity index (χ0n) is 24.1. The Labute approximate surface area is 248 Å².